The fraction of sp³-hybridized carbons (Fsp3) is 0.294. The minimum atomic E-state index is -4.37. The highest BCUT2D eigenvalue weighted by atomic mass is 19.4. The second-order valence-electron chi connectivity index (χ2n) is 5.13. The maximum absolute atomic E-state index is 12.7. The zero-order valence-electron chi connectivity index (χ0n) is 12.2. The molecule has 0 radical (unpaired) electrons. The Labute approximate surface area is 127 Å². The Morgan fingerprint density at radius 3 is 2.45 bits per heavy atom. The molecule has 0 aliphatic heterocycles. The molecule has 2 rings (SSSR count). The third-order valence-corrected chi connectivity index (χ3v) is 3.53. The lowest BCUT2D eigenvalue weighted by molar-refractivity contribution is -0.137. The van der Waals surface area contributed by atoms with Gasteiger partial charge in [-0.1, -0.05) is 30.3 Å². The van der Waals surface area contributed by atoms with Gasteiger partial charge in [0.1, 0.15) is 5.75 Å². The van der Waals surface area contributed by atoms with E-state index >= 15 is 0 Å². The summed E-state index contributed by atoms with van der Waals surface area (Å²) in [5.41, 5.74) is 7.20. The molecule has 0 fully saturated rings. The van der Waals surface area contributed by atoms with E-state index in [2.05, 4.69) is 0 Å². The molecule has 0 spiro atoms. The minimum absolute atomic E-state index is 0.0595. The third kappa shape index (κ3) is 4.01. The number of hydrogen-bond acceptors (Lipinski definition) is 2. The van der Waals surface area contributed by atoms with E-state index in [0.717, 1.165) is 23.3 Å². The predicted molar refractivity (Wildman–Crippen MR) is 79.9 cm³/mol. The molecule has 0 saturated heterocycles. The zero-order valence-corrected chi connectivity index (χ0v) is 12.2. The van der Waals surface area contributed by atoms with Crippen LogP contribution in [0.1, 0.15) is 22.6 Å². The van der Waals surface area contributed by atoms with Crippen LogP contribution in [-0.4, -0.2) is 13.2 Å². The van der Waals surface area contributed by atoms with Gasteiger partial charge in [-0.05, 0) is 36.2 Å². The van der Waals surface area contributed by atoms with Crippen molar-refractivity contribution in [2.75, 3.05) is 13.2 Å². The number of aryl methyl sites for hydroxylation is 1. The molecule has 1 unspecified atom stereocenters. The van der Waals surface area contributed by atoms with Gasteiger partial charge in [0.15, 0.2) is 0 Å². The smallest absolute Gasteiger partial charge is 0.416 e. The van der Waals surface area contributed by atoms with Gasteiger partial charge in [0.2, 0.25) is 0 Å². The van der Waals surface area contributed by atoms with Gasteiger partial charge in [0, 0.05) is 12.5 Å². The molecular weight excluding hydrogens is 291 g/mol. The lowest BCUT2D eigenvalue weighted by Crippen LogP contribution is -2.20. The summed E-state index contributed by atoms with van der Waals surface area (Å²) in [6, 6.07) is 12.7. The fourth-order valence-electron chi connectivity index (χ4n) is 2.29. The first kappa shape index (κ1) is 16.4. The van der Waals surface area contributed by atoms with Crippen molar-refractivity contribution in [1.29, 1.82) is 0 Å². The number of benzene rings is 2. The Kier molecular flexibility index (Phi) is 5.08. The van der Waals surface area contributed by atoms with Gasteiger partial charge in [0.05, 0.1) is 12.2 Å². The minimum Gasteiger partial charge on any atom is -0.493 e. The summed E-state index contributed by atoms with van der Waals surface area (Å²) < 4.78 is 43.5. The van der Waals surface area contributed by atoms with Crippen LogP contribution in [0, 0.1) is 6.92 Å². The number of hydrogen-bond donors (Lipinski definition) is 1. The van der Waals surface area contributed by atoms with Crippen LogP contribution in [0.4, 0.5) is 13.2 Å². The van der Waals surface area contributed by atoms with Gasteiger partial charge in [-0.3, -0.25) is 0 Å². The van der Waals surface area contributed by atoms with E-state index in [1.165, 1.54) is 12.1 Å². The summed E-state index contributed by atoms with van der Waals surface area (Å²) in [6.45, 7) is 2.58. The monoisotopic (exact) mass is 309 g/mol. The van der Waals surface area contributed by atoms with Crippen molar-refractivity contribution in [2.45, 2.75) is 19.0 Å². The summed E-state index contributed by atoms with van der Waals surface area (Å²) >= 11 is 0. The average Bonchev–Trinajstić information content (AvgIpc) is 2.49. The van der Waals surface area contributed by atoms with Crippen molar-refractivity contribution in [3.8, 4) is 5.75 Å². The van der Waals surface area contributed by atoms with Crippen molar-refractivity contribution in [3.63, 3.8) is 0 Å². The molecule has 1 atom stereocenters. The van der Waals surface area contributed by atoms with Gasteiger partial charge < -0.3 is 10.5 Å². The molecule has 0 bridgehead atoms. The molecule has 0 amide bonds. The summed E-state index contributed by atoms with van der Waals surface area (Å²) in [7, 11) is 0. The lowest BCUT2D eigenvalue weighted by atomic mass is 9.96. The topological polar surface area (TPSA) is 35.2 Å². The molecule has 2 aromatic rings. The number of ether oxygens (including phenoxy) is 1. The van der Waals surface area contributed by atoms with E-state index in [1.54, 1.807) is 0 Å². The van der Waals surface area contributed by atoms with E-state index in [-0.39, 0.29) is 18.3 Å². The maximum atomic E-state index is 12.7. The molecule has 5 heteroatoms. The molecule has 118 valence electrons. The van der Waals surface area contributed by atoms with Crippen LogP contribution in [0.3, 0.4) is 0 Å². The van der Waals surface area contributed by atoms with Gasteiger partial charge in [-0.2, -0.15) is 13.2 Å². The van der Waals surface area contributed by atoms with Crippen molar-refractivity contribution < 1.29 is 17.9 Å². The van der Waals surface area contributed by atoms with Crippen LogP contribution in [0.5, 0.6) is 5.75 Å². The molecule has 2 aromatic carbocycles. The first-order valence-corrected chi connectivity index (χ1v) is 6.97. The van der Waals surface area contributed by atoms with E-state index in [0.29, 0.717) is 6.54 Å². The van der Waals surface area contributed by atoms with Crippen molar-refractivity contribution in [2.24, 2.45) is 5.73 Å². The highest BCUT2D eigenvalue weighted by Crippen LogP contribution is 2.31. The Balaban J connectivity index is 2.10. The van der Waals surface area contributed by atoms with Crippen molar-refractivity contribution in [1.82, 2.24) is 0 Å². The molecule has 2 nitrogen and oxygen atoms in total. The Hall–Kier alpha value is -2.01. The van der Waals surface area contributed by atoms with Crippen LogP contribution in [0.25, 0.3) is 0 Å². The standard InChI is InChI=1S/C17H18F3NO/c1-12-5-2-3-8-16(12)13(10-21)11-22-15-7-4-6-14(9-15)17(18,19)20/h2-9,13H,10-11,21H2,1H3. The van der Waals surface area contributed by atoms with E-state index in [1.807, 2.05) is 31.2 Å². The second kappa shape index (κ2) is 6.83. The average molecular weight is 309 g/mol. The van der Waals surface area contributed by atoms with E-state index < -0.39 is 11.7 Å². The molecular formula is C17H18F3NO. The molecule has 2 N–H and O–H groups in total. The normalized spacial score (nSPS) is 13.0. The number of rotatable bonds is 5. The van der Waals surface area contributed by atoms with Crippen LogP contribution < -0.4 is 10.5 Å². The van der Waals surface area contributed by atoms with Gasteiger partial charge in [-0.15, -0.1) is 0 Å². The Morgan fingerprint density at radius 1 is 1.09 bits per heavy atom. The van der Waals surface area contributed by atoms with E-state index in [4.69, 9.17) is 10.5 Å². The highest BCUT2D eigenvalue weighted by molar-refractivity contribution is 5.32. The van der Waals surface area contributed by atoms with Crippen LogP contribution in [0.15, 0.2) is 48.5 Å². The molecule has 0 aliphatic rings. The fourth-order valence-corrected chi connectivity index (χ4v) is 2.29. The third-order valence-electron chi connectivity index (χ3n) is 3.53. The Morgan fingerprint density at radius 2 is 1.82 bits per heavy atom. The van der Waals surface area contributed by atoms with Crippen LogP contribution in [-0.2, 0) is 6.18 Å². The van der Waals surface area contributed by atoms with Gasteiger partial charge >= 0.3 is 6.18 Å². The molecule has 0 heterocycles. The number of alkyl halides is 3. The van der Waals surface area contributed by atoms with Crippen LogP contribution >= 0.6 is 0 Å². The van der Waals surface area contributed by atoms with Crippen molar-refractivity contribution in [3.05, 3.63) is 65.2 Å². The second-order valence-corrected chi connectivity index (χ2v) is 5.13. The van der Waals surface area contributed by atoms with Gasteiger partial charge in [0.25, 0.3) is 0 Å². The summed E-state index contributed by atoms with van der Waals surface area (Å²) in [4.78, 5) is 0. The number of nitrogens with two attached hydrogens (primary N) is 1. The van der Waals surface area contributed by atoms with Crippen LogP contribution in [0.2, 0.25) is 0 Å². The predicted octanol–water partition coefficient (Wildman–Crippen LogP) is 4.14. The number of halogens is 3. The van der Waals surface area contributed by atoms with Gasteiger partial charge in [-0.25, -0.2) is 0 Å². The molecule has 0 saturated carbocycles. The highest BCUT2D eigenvalue weighted by Gasteiger charge is 2.30. The molecule has 22 heavy (non-hydrogen) atoms. The van der Waals surface area contributed by atoms with Crippen molar-refractivity contribution >= 4 is 0 Å². The largest absolute Gasteiger partial charge is 0.493 e. The Bertz CT molecular complexity index is 625. The zero-order chi connectivity index (χ0) is 16.2. The lowest BCUT2D eigenvalue weighted by Gasteiger charge is -2.18. The first-order valence-electron chi connectivity index (χ1n) is 6.97. The summed E-state index contributed by atoms with van der Waals surface area (Å²) in [5.74, 6) is 0.137. The quantitative estimate of drug-likeness (QED) is 0.901. The molecule has 0 aromatic heterocycles. The maximum Gasteiger partial charge on any atom is 0.416 e. The first-order chi connectivity index (χ1) is 10.4. The summed E-state index contributed by atoms with van der Waals surface area (Å²) in [6.07, 6.45) is -4.37. The van der Waals surface area contributed by atoms with E-state index in [9.17, 15) is 13.2 Å². The molecule has 0 aliphatic carbocycles. The summed E-state index contributed by atoms with van der Waals surface area (Å²) in [5, 5.41) is 0. The SMILES string of the molecule is Cc1ccccc1C(CN)COc1cccc(C(F)(F)F)c1.